The fraction of sp³-hybridized carbons (Fsp3) is 0.0455. The van der Waals surface area contributed by atoms with Gasteiger partial charge in [-0.3, -0.25) is 4.98 Å². The molecule has 2 aromatic carbocycles. The molecule has 0 fully saturated rings. The molecule has 115 valence electrons. The first-order chi connectivity index (χ1) is 11.8. The van der Waals surface area contributed by atoms with E-state index in [-0.39, 0.29) is 0 Å². The molecule has 0 spiro atoms. The first kappa shape index (κ1) is 14.5. The summed E-state index contributed by atoms with van der Waals surface area (Å²) in [7, 11) is 0. The third-order valence-corrected chi connectivity index (χ3v) is 4.07. The summed E-state index contributed by atoms with van der Waals surface area (Å²) in [4.78, 5) is 4.41. The number of aromatic nitrogens is 1. The maximum absolute atomic E-state index is 5.39. The van der Waals surface area contributed by atoms with Crippen LogP contribution in [-0.2, 0) is 0 Å². The molecule has 2 aromatic heterocycles. The highest BCUT2D eigenvalue weighted by Crippen LogP contribution is 2.34. The first-order valence-electron chi connectivity index (χ1n) is 7.88. The van der Waals surface area contributed by atoms with Gasteiger partial charge in [0.15, 0.2) is 6.26 Å². The zero-order chi connectivity index (χ0) is 16.4. The molecule has 0 atom stereocenters. The SMILES string of the molecule is Cc1cccc(-c2[c]occ2-c2cncc(-c3ccccc3)c2)c1. The van der Waals surface area contributed by atoms with Crippen molar-refractivity contribution < 1.29 is 4.42 Å². The highest BCUT2D eigenvalue weighted by Gasteiger charge is 2.12. The second kappa shape index (κ2) is 6.17. The first-order valence-corrected chi connectivity index (χ1v) is 7.88. The van der Waals surface area contributed by atoms with E-state index in [1.54, 1.807) is 6.26 Å². The van der Waals surface area contributed by atoms with E-state index in [0.29, 0.717) is 0 Å². The van der Waals surface area contributed by atoms with Crippen LogP contribution in [0.3, 0.4) is 0 Å². The van der Waals surface area contributed by atoms with Gasteiger partial charge in [-0.2, -0.15) is 0 Å². The van der Waals surface area contributed by atoms with E-state index in [2.05, 4.69) is 54.6 Å². The Kier molecular flexibility index (Phi) is 3.72. The lowest BCUT2D eigenvalue weighted by Crippen LogP contribution is -1.85. The third kappa shape index (κ3) is 2.74. The smallest absolute Gasteiger partial charge is 0.178 e. The van der Waals surface area contributed by atoms with Crippen LogP contribution in [0.1, 0.15) is 5.56 Å². The average Bonchev–Trinajstić information content (AvgIpc) is 3.12. The Morgan fingerprint density at radius 1 is 0.792 bits per heavy atom. The molecular weight excluding hydrogens is 294 g/mol. The number of hydrogen-bond acceptors (Lipinski definition) is 2. The van der Waals surface area contributed by atoms with Gasteiger partial charge in [0, 0.05) is 34.6 Å². The van der Waals surface area contributed by atoms with Crippen molar-refractivity contribution in [2.24, 2.45) is 0 Å². The summed E-state index contributed by atoms with van der Waals surface area (Å²) < 4.78 is 5.39. The Morgan fingerprint density at radius 2 is 1.58 bits per heavy atom. The minimum Gasteiger partial charge on any atom is -0.460 e. The minimum atomic E-state index is 0.964. The molecule has 0 aliphatic heterocycles. The van der Waals surface area contributed by atoms with Crippen LogP contribution in [0.25, 0.3) is 33.4 Å². The van der Waals surface area contributed by atoms with Crippen LogP contribution in [-0.4, -0.2) is 4.98 Å². The molecule has 4 rings (SSSR count). The maximum Gasteiger partial charge on any atom is 0.178 e. The van der Waals surface area contributed by atoms with Gasteiger partial charge in [0.2, 0.25) is 0 Å². The van der Waals surface area contributed by atoms with Crippen LogP contribution in [0.2, 0.25) is 0 Å². The third-order valence-electron chi connectivity index (χ3n) is 4.07. The van der Waals surface area contributed by atoms with Crippen LogP contribution >= 0.6 is 0 Å². The van der Waals surface area contributed by atoms with E-state index in [1.165, 1.54) is 5.56 Å². The summed E-state index contributed by atoms with van der Waals surface area (Å²) in [6, 6.07) is 20.7. The molecule has 2 nitrogen and oxygen atoms in total. The van der Waals surface area contributed by atoms with Crippen LogP contribution in [0.15, 0.2) is 83.7 Å². The lowest BCUT2D eigenvalue weighted by atomic mass is 9.97. The van der Waals surface area contributed by atoms with E-state index in [1.807, 2.05) is 36.7 Å². The van der Waals surface area contributed by atoms with Crippen LogP contribution < -0.4 is 0 Å². The average molecular weight is 310 g/mol. The molecule has 2 heterocycles. The van der Waals surface area contributed by atoms with Gasteiger partial charge >= 0.3 is 0 Å². The standard InChI is InChI=1S/C22H16NO/c1-16-6-5-9-18(10-16)21-14-24-15-22(21)20-11-19(12-23-13-20)17-7-3-2-4-8-17/h2-13,15H,1H3. The summed E-state index contributed by atoms with van der Waals surface area (Å²) in [6.45, 7) is 2.08. The van der Waals surface area contributed by atoms with Crippen LogP contribution in [0, 0.1) is 13.2 Å². The molecule has 1 radical (unpaired) electrons. The second-order valence-corrected chi connectivity index (χ2v) is 5.82. The van der Waals surface area contributed by atoms with Gasteiger partial charge in [0.1, 0.15) is 0 Å². The summed E-state index contributed by atoms with van der Waals surface area (Å²) in [5.74, 6) is 0. The largest absolute Gasteiger partial charge is 0.460 e. The molecular formula is C22H16NO. The van der Waals surface area contributed by atoms with Crippen molar-refractivity contribution in [3.63, 3.8) is 0 Å². The number of benzene rings is 2. The van der Waals surface area contributed by atoms with Crippen molar-refractivity contribution in [3.8, 4) is 33.4 Å². The normalized spacial score (nSPS) is 10.7. The van der Waals surface area contributed by atoms with Gasteiger partial charge in [-0.25, -0.2) is 0 Å². The molecule has 0 amide bonds. The van der Waals surface area contributed by atoms with Gasteiger partial charge in [0.25, 0.3) is 0 Å². The van der Waals surface area contributed by atoms with Crippen molar-refractivity contribution in [1.82, 2.24) is 4.98 Å². The summed E-state index contributed by atoms with van der Waals surface area (Å²) >= 11 is 0. The molecule has 0 aliphatic carbocycles. The zero-order valence-electron chi connectivity index (χ0n) is 13.4. The quantitative estimate of drug-likeness (QED) is 0.479. The van der Waals surface area contributed by atoms with Gasteiger partial charge in [0.05, 0.1) is 6.26 Å². The topological polar surface area (TPSA) is 26.0 Å². The van der Waals surface area contributed by atoms with Gasteiger partial charge in [-0.15, -0.1) is 0 Å². The molecule has 24 heavy (non-hydrogen) atoms. The fourth-order valence-electron chi connectivity index (χ4n) is 2.86. The van der Waals surface area contributed by atoms with Gasteiger partial charge in [-0.05, 0) is 24.1 Å². The van der Waals surface area contributed by atoms with E-state index in [4.69, 9.17) is 4.42 Å². The zero-order valence-corrected chi connectivity index (χ0v) is 13.4. The molecule has 0 N–H and O–H groups in total. The van der Waals surface area contributed by atoms with Crippen molar-refractivity contribution in [2.45, 2.75) is 6.92 Å². The lowest BCUT2D eigenvalue weighted by molar-refractivity contribution is 0.560. The Hall–Kier alpha value is -3.13. The summed E-state index contributed by atoms with van der Waals surface area (Å²) in [6.07, 6.45) is 8.49. The minimum absolute atomic E-state index is 0.964. The lowest BCUT2D eigenvalue weighted by Gasteiger charge is -2.06. The number of pyridine rings is 1. The molecule has 0 bridgehead atoms. The number of rotatable bonds is 3. The van der Waals surface area contributed by atoms with Crippen LogP contribution in [0.5, 0.6) is 0 Å². The Morgan fingerprint density at radius 3 is 2.42 bits per heavy atom. The van der Waals surface area contributed by atoms with E-state index < -0.39 is 0 Å². The van der Waals surface area contributed by atoms with E-state index >= 15 is 0 Å². The van der Waals surface area contributed by atoms with Crippen molar-refractivity contribution in [3.05, 3.63) is 91.1 Å². The summed E-state index contributed by atoms with van der Waals surface area (Å²) in [5, 5.41) is 0. The number of hydrogen-bond donors (Lipinski definition) is 0. The Labute approximate surface area is 141 Å². The molecule has 0 aliphatic rings. The second-order valence-electron chi connectivity index (χ2n) is 5.82. The maximum atomic E-state index is 5.39. The van der Waals surface area contributed by atoms with Crippen LogP contribution in [0.4, 0.5) is 0 Å². The predicted octanol–water partition coefficient (Wildman–Crippen LogP) is 5.78. The Bertz CT molecular complexity index is 970. The fourth-order valence-corrected chi connectivity index (χ4v) is 2.86. The molecule has 4 aromatic rings. The van der Waals surface area contributed by atoms with Crippen molar-refractivity contribution in [2.75, 3.05) is 0 Å². The monoisotopic (exact) mass is 310 g/mol. The number of nitrogens with zero attached hydrogens (tertiary/aromatic N) is 1. The van der Waals surface area contributed by atoms with Gasteiger partial charge in [-0.1, -0.05) is 60.2 Å². The Balaban J connectivity index is 1.80. The molecule has 0 unspecified atom stereocenters. The highest BCUT2D eigenvalue weighted by atomic mass is 16.3. The van der Waals surface area contributed by atoms with Crippen molar-refractivity contribution in [1.29, 1.82) is 0 Å². The highest BCUT2D eigenvalue weighted by molar-refractivity contribution is 5.83. The molecule has 2 heteroatoms. The van der Waals surface area contributed by atoms with E-state index in [9.17, 15) is 0 Å². The molecule has 0 saturated heterocycles. The summed E-state index contributed by atoms with van der Waals surface area (Å²) in [5.41, 5.74) is 7.54. The predicted molar refractivity (Wildman–Crippen MR) is 96.4 cm³/mol. The van der Waals surface area contributed by atoms with Crippen molar-refractivity contribution >= 4 is 0 Å². The molecule has 0 saturated carbocycles. The van der Waals surface area contributed by atoms with E-state index in [0.717, 1.165) is 33.4 Å². The van der Waals surface area contributed by atoms with Gasteiger partial charge < -0.3 is 4.42 Å². The number of furan rings is 1. The number of aryl methyl sites for hydroxylation is 1.